The van der Waals surface area contributed by atoms with Crippen molar-refractivity contribution in [3.63, 3.8) is 0 Å². The summed E-state index contributed by atoms with van der Waals surface area (Å²) in [6.45, 7) is 13.1. The maximum Gasteiger partial charge on any atom is 0.328 e. The van der Waals surface area contributed by atoms with E-state index in [1.807, 2.05) is 18.2 Å². The van der Waals surface area contributed by atoms with Crippen LogP contribution in [0.25, 0.3) is 0 Å². The molecule has 0 spiro atoms. The molecule has 0 saturated carbocycles. The summed E-state index contributed by atoms with van der Waals surface area (Å²) in [5.41, 5.74) is 1.77. The molecule has 0 aliphatic heterocycles. The molecule has 0 bridgehead atoms. The van der Waals surface area contributed by atoms with Gasteiger partial charge in [-0.15, -0.1) is 0 Å². The molecule has 5 heteroatoms. The third-order valence-corrected chi connectivity index (χ3v) is 13.2. The number of carbonyl (C=O) groups is 2. The van der Waals surface area contributed by atoms with E-state index < -0.39 is 20.3 Å². The zero-order chi connectivity index (χ0) is 21.4. The fourth-order valence-electron chi connectivity index (χ4n) is 4.53. The van der Waals surface area contributed by atoms with Gasteiger partial charge in [0.2, 0.25) is 0 Å². The lowest BCUT2D eigenvalue weighted by Crippen LogP contribution is -2.57. The Kier molecular flexibility index (Phi) is 9.15. The number of rotatable bonds is 11. The first-order chi connectivity index (χ1) is 13.2. The van der Waals surface area contributed by atoms with E-state index in [9.17, 15) is 9.59 Å². The molecule has 156 valence electrons. The zero-order valence-corrected chi connectivity index (χ0v) is 19.2. The van der Waals surface area contributed by atoms with Crippen molar-refractivity contribution in [3.05, 3.63) is 48.0 Å². The number of aliphatic carboxylic acids is 1. The van der Waals surface area contributed by atoms with Gasteiger partial charge in [-0.2, -0.15) is 0 Å². The van der Waals surface area contributed by atoms with E-state index in [0.717, 1.165) is 37.8 Å². The maximum atomic E-state index is 12.7. The number of carboxylic acids is 1. The highest BCUT2D eigenvalue weighted by molar-refractivity contribution is 6.80. The molecule has 0 amide bonds. The molecule has 0 aliphatic rings. The molecule has 0 heterocycles. The van der Waals surface area contributed by atoms with Crippen molar-refractivity contribution < 1.29 is 19.1 Å². The number of benzene rings is 1. The van der Waals surface area contributed by atoms with E-state index in [0.29, 0.717) is 0 Å². The van der Waals surface area contributed by atoms with Gasteiger partial charge in [0.15, 0.2) is 0 Å². The minimum absolute atomic E-state index is 0.161. The Labute approximate surface area is 171 Å². The van der Waals surface area contributed by atoms with Crippen LogP contribution in [0.2, 0.25) is 16.1 Å². The molecule has 0 aromatic heterocycles. The van der Waals surface area contributed by atoms with Gasteiger partial charge in [-0.1, -0.05) is 84.7 Å². The van der Waals surface area contributed by atoms with Crippen LogP contribution in [0.1, 0.15) is 66.4 Å². The van der Waals surface area contributed by atoms with E-state index in [1.165, 1.54) is 5.56 Å². The molecule has 0 radical (unpaired) electrons. The summed E-state index contributed by atoms with van der Waals surface area (Å²) in [5.74, 6) is -1.67. The standard InChI is InChI=1S/C23H36O4Si/c1-7-18(4)28(19(5)8-2,27-22(26)16-15-21(24)25)23(6,9-3)17-20-13-11-10-12-14-20/h10-16,18-19H,7-9,17H2,1-6H3,(H,24,25)/b16-15-. The van der Waals surface area contributed by atoms with Gasteiger partial charge >= 0.3 is 11.9 Å². The van der Waals surface area contributed by atoms with E-state index >= 15 is 0 Å². The van der Waals surface area contributed by atoms with Crippen molar-refractivity contribution in [2.75, 3.05) is 0 Å². The Hall–Kier alpha value is -1.88. The predicted molar refractivity (Wildman–Crippen MR) is 117 cm³/mol. The third-order valence-electron chi connectivity index (χ3n) is 6.48. The van der Waals surface area contributed by atoms with Crippen LogP contribution < -0.4 is 0 Å². The number of hydrogen-bond donors (Lipinski definition) is 1. The second-order valence-electron chi connectivity index (χ2n) is 8.08. The van der Waals surface area contributed by atoms with E-state index in [1.54, 1.807) is 0 Å². The largest absolute Gasteiger partial charge is 0.515 e. The topological polar surface area (TPSA) is 63.6 Å². The molecule has 1 rings (SSSR count). The summed E-state index contributed by atoms with van der Waals surface area (Å²) in [4.78, 5) is 23.5. The highest BCUT2D eigenvalue weighted by atomic mass is 28.4. The van der Waals surface area contributed by atoms with Gasteiger partial charge in [0.1, 0.15) is 0 Å². The minimum Gasteiger partial charge on any atom is -0.515 e. The highest BCUT2D eigenvalue weighted by Gasteiger charge is 2.59. The van der Waals surface area contributed by atoms with E-state index in [4.69, 9.17) is 9.53 Å². The zero-order valence-electron chi connectivity index (χ0n) is 18.2. The SMILES string of the molecule is CCC(C)[Si](OC(=O)/C=C\C(=O)O)(C(C)CC)C(C)(CC)Cc1ccccc1. The van der Waals surface area contributed by atoms with Crippen LogP contribution in [0.4, 0.5) is 0 Å². The molecule has 3 unspecified atom stereocenters. The number of hydrogen-bond acceptors (Lipinski definition) is 3. The van der Waals surface area contributed by atoms with Crippen molar-refractivity contribution >= 4 is 20.3 Å². The lowest BCUT2D eigenvalue weighted by molar-refractivity contribution is -0.133. The van der Waals surface area contributed by atoms with Gasteiger partial charge in [-0.05, 0) is 29.5 Å². The van der Waals surface area contributed by atoms with Gasteiger partial charge in [-0.25, -0.2) is 9.59 Å². The lowest BCUT2D eigenvalue weighted by Gasteiger charge is -2.52. The van der Waals surface area contributed by atoms with Crippen LogP contribution >= 0.6 is 0 Å². The van der Waals surface area contributed by atoms with Crippen LogP contribution in [-0.2, 0) is 20.4 Å². The van der Waals surface area contributed by atoms with Gasteiger partial charge in [0.25, 0.3) is 8.32 Å². The van der Waals surface area contributed by atoms with Crippen molar-refractivity contribution in [2.45, 2.75) is 83.3 Å². The first-order valence-electron chi connectivity index (χ1n) is 10.3. The molecule has 28 heavy (non-hydrogen) atoms. The molecule has 1 aromatic carbocycles. The monoisotopic (exact) mass is 404 g/mol. The summed E-state index contributed by atoms with van der Waals surface area (Å²) >= 11 is 0. The van der Waals surface area contributed by atoms with Gasteiger partial charge in [0, 0.05) is 17.2 Å². The highest BCUT2D eigenvalue weighted by Crippen LogP contribution is 2.57. The van der Waals surface area contributed by atoms with Gasteiger partial charge < -0.3 is 9.53 Å². The summed E-state index contributed by atoms with van der Waals surface area (Å²) in [5, 5.41) is 8.73. The number of carboxylic acid groups (broad SMARTS) is 1. The summed E-state index contributed by atoms with van der Waals surface area (Å²) in [6.07, 6.45) is 5.54. The molecule has 0 saturated heterocycles. The van der Waals surface area contributed by atoms with Crippen LogP contribution in [0.3, 0.4) is 0 Å². The van der Waals surface area contributed by atoms with Gasteiger partial charge in [0.05, 0.1) is 0 Å². The van der Waals surface area contributed by atoms with Gasteiger partial charge in [-0.3, -0.25) is 0 Å². The van der Waals surface area contributed by atoms with Crippen molar-refractivity contribution in [1.82, 2.24) is 0 Å². The number of carbonyl (C=O) groups excluding carboxylic acids is 1. The van der Waals surface area contributed by atoms with Crippen LogP contribution in [0, 0.1) is 0 Å². The Morgan fingerprint density at radius 2 is 1.61 bits per heavy atom. The fourth-order valence-corrected chi connectivity index (χ4v) is 11.2. The summed E-state index contributed by atoms with van der Waals surface area (Å²) in [7, 11) is -2.67. The lowest BCUT2D eigenvalue weighted by atomic mass is 9.97. The van der Waals surface area contributed by atoms with Crippen molar-refractivity contribution in [2.24, 2.45) is 0 Å². The average Bonchev–Trinajstić information content (AvgIpc) is 2.69. The molecule has 0 aliphatic carbocycles. The second kappa shape index (κ2) is 10.6. The fraction of sp³-hybridized carbons (Fsp3) is 0.565. The van der Waals surface area contributed by atoms with Crippen molar-refractivity contribution in [1.29, 1.82) is 0 Å². The van der Waals surface area contributed by atoms with Crippen LogP contribution in [0.15, 0.2) is 42.5 Å². The normalized spacial score (nSPS) is 18.1. The summed E-state index contributed by atoms with van der Waals surface area (Å²) in [6, 6.07) is 10.4. The molecule has 4 nitrogen and oxygen atoms in total. The Morgan fingerprint density at radius 3 is 2.04 bits per heavy atom. The smallest absolute Gasteiger partial charge is 0.328 e. The van der Waals surface area contributed by atoms with Crippen LogP contribution in [0.5, 0.6) is 0 Å². The van der Waals surface area contributed by atoms with E-state index in [2.05, 4.69) is 53.7 Å². The molecular formula is C23H36O4Si. The molecule has 0 fully saturated rings. The average molecular weight is 405 g/mol. The quantitative estimate of drug-likeness (QED) is 0.356. The molecular weight excluding hydrogens is 368 g/mol. The first kappa shape index (κ1) is 24.2. The van der Waals surface area contributed by atoms with Crippen LogP contribution in [-0.4, -0.2) is 25.4 Å². The Balaban J connectivity index is 3.51. The minimum atomic E-state index is -2.67. The summed E-state index contributed by atoms with van der Waals surface area (Å²) < 4.78 is 6.37. The van der Waals surface area contributed by atoms with Crippen molar-refractivity contribution in [3.8, 4) is 0 Å². The molecule has 1 N–H and O–H groups in total. The van der Waals surface area contributed by atoms with E-state index in [-0.39, 0.29) is 16.1 Å². The predicted octanol–water partition coefficient (Wildman–Crippen LogP) is 6.13. The second-order valence-corrected chi connectivity index (χ2v) is 13.0. The molecule has 3 atom stereocenters. The first-order valence-corrected chi connectivity index (χ1v) is 12.4. The Bertz CT molecular complexity index is 660. The molecule has 1 aromatic rings. The third kappa shape index (κ3) is 5.34. The Morgan fingerprint density at radius 1 is 1.07 bits per heavy atom. The maximum absolute atomic E-state index is 12.7.